The molecule has 1 atom stereocenters. The first-order chi connectivity index (χ1) is 6.95. The van der Waals surface area contributed by atoms with E-state index in [1.165, 1.54) is 6.07 Å². The molecule has 0 saturated carbocycles. The van der Waals surface area contributed by atoms with Crippen molar-refractivity contribution in [2.45, 2.75) is 4.90 Å². The van der Waals surface area contributed by atoms with Gasteiger partial charge in [0.25, 0.3) is 0 Å². The van der Waals surface area contributed by atoms with Gasteiger partial charge in [0.15, 0.2) is 11.1 Å². The van der Waals surface area contributed by atoms with Gasteiger partial charge in [-0.1, -0.05) is 6.07 Å². The van der Waals surface area contributed by atoms with Gasteiger partial charge in [0.05, 0.1) is 4.92 Å². The molecule has 7 nitrogen and oxygen atoms in total. The van der Waals surface area contributed by atoms with E-state index in [2.05, 4.69) is 0 Å². The van der Waals surface area contributed by atoms with Crippen LogP contribution in [0, 0.1) is 10.1 Å². The number of aromatic carboxylic acids is 1. The lowest BCUT2D eigenvalue weighted by Gasteiger charge is -2.01. The molecule has 0 aliphatic carbocycles. The first kappa shape index (κ1) is 11.3. The largest absolute Gasteiger partial charge is 0.477 e. The molecule has 15 heavy (non-hydrogen) atoms. The van der Waals surface area contributed by atoms with E-state index in [4.69, 9.17) is 9.66 Å². The summed E-state index contributed by atoms with van der Waals surface area (Å²) in [6, 6.07) is 3.19. The molecule has 1 aromatic carbocycles. The fourth-order valence-corrected chi connectivity index (χ4v) is 1.57. The molecular formula is C7H5NO6S. The van der Waals surface area contributed by atoms with Gasteiger partial charge >= 0.3 is 11.7 Å². The van der Waals surface area contributed by atoms with Gasteiger partial charge in [-0.3, -0.25) is 10.1 Å². The van der Waals surface area contributed by atoms with Crippen LogP contribution in [0.25, 0.3) is 0 Å². The molecule has 1 rings (SSSR count). The summed E-state index contributed by atoms with van der Waals surface area (Å²) in [6.45, 7) is 0. The number of hydrogen-bond acceptors (Lipinski definition) is 4. The zero-order chi connectivity index (χ0) is 11.6. The fraction of sp³-hybridized carbons (Fsp3) is 0. The third kappa shape index (κ3) is 2.17. The summed E-state index contributed by atoms with van der Waals surface area (Å²) < 4.78 is 19.4. The van der Waals surface area contributed by atoms with E-state index < -0.39 is 38.1 Å². The van der Waals surface area contributed by atoms with Crippen molar-refractivity contribution in [1.29, 1.82) is 0 Å². The average molecular weight is 231 g/mol. The summed E-state index contributed by atoms with van der Waals surface area (Å²) in [5, 5.41) is 19.2. The zero-order valence-electron chi connectivity index (χ0n) is 7.11. The van der Waals surface area contributed by atoms with Crippen LogP contribution in [0.4, 0.5) is 5.69 Å². The van der Waals surface area contributed by atoms with Crippen LogP contribution < -0.4 is 0 Å². The smallest absolute Gasteiger partial charge is 0.342 e. The van der Waals surface area contributed by atoms with Crippen LogP contribution in [0.2, 0.25) is 0 Å². The second kappa shape index (κ2) is 4.15. The maximum Gasteiger partial charge on any atom is 0.342 e. The second-order valence-electron chi connectivity index (χ2n) is 2.46. The van der Waals surface area contributed by atoms with E-state index in [1.54, 1.807) is 0 Å². The van der Waals surface area contributed by atoms with E-state index >= 15 is 0 Å². The third-order valence-electron chi connectivity index (χ3n) is 1.60. The van der Waals surface area contributed by atoms with Crippen LogP contribution in [-0.4, -0.2) is 24.8 Å². The molecule has 0 bridgehead atoms. The Kier molecular flexibility index (Phi) is 3.12. The lowest BCUT2D eigenvalue weighted by atomic mass is 10.2. The zero-order valence-corrected chi connectivity index (χ0v) is 7.93. The molecule has 0 radical (unpaired) electrons. The number of carboxylic acids is 1. The fourth-order valence-electron chi connectivity index (χ4n) is 1.02. The van der Waals surface area contributed by atoms with Crippen LogP contribution in [0.5, 0.6) is 0 Å². The van der Waals surface area contributed by atoms with Crippen LogP contribution in [-0.2, 0) is 11.1 Å². The molecule has 0 aliphatic heterocycles. The minimum atomic E-state index is -2.59. The standard InChI is InChI=1S/C7H5NO6S/c9-7(10)4-2-1-3-5(15(13)14)6(4)8(11)12/h1-3H,(H,9,10)(H,13,14). The molecule has 1 unspecified atom stereocenters. The first-order valence-corrected chi connectivity index (χ1v) is 4.67. The summed E-state index contributed by atoms with van der Waals surface area (Å²) in [5.41, 5.74) is -1.47. The number of nitro benzene ring substituents is 1. The number of rotatable bonds is 3. The Labute approximate surface area is 85.8 Å². The predicted molar refractivity (Wildman–Crippen MR) is 49.1 cm³/mol. The van der Waals surface area contributed by atoms with Gasteiger partial charge < -0.3 is 9.66 Å². The van der Waals surface area contributed by atoms with Gasteiger partial charge in [-0.05, 0) is 12.1 Å². The van der Waals surface area contributed by atoms with Gasteiger partial charge in [0.2, 0.25) is 0 Å². The third-order valence-corrected chi connectivity index (χ3v) is 2.31. The quantitative estimate of drug-likeness (QED) is 0.452. The van der Waals surface area contributed by atoms with Gasteiger partial charge in [-0.25, -0.2) is 9.00 Å². The van der Waals surface area contributed by atoms with Gasteiger partial charge in [-0.2, -0.15) is 0 Å². The molecule has 0 fully saturated rings. The summed E-state index contributed by atoms with van der Waals surface area (Å²) >= 11 is -2.59. The SMILES string of the molecule is O=C(O)c1cccc(S(=O)O)c1[N+](=O)[O-]. The molecule has 0 heterocycles. The van der Waals surface area contributed by atoms with Crippen molar-refractivity contribution in [3.63, 3.8) is 0 Å². The maximum absolute atomic E-state index is 10.7. The molecule has 80 valence electrons. The molecule has 0 aromatic heterocycles. The highest BCUT2D eigenvalue weighted by molar-refractivity contribution is 7.79. The molecule has 0 aliphatic rings. The summed E-state index contributed by atoms with van der Waals surface area (Å²) in [6.07, 6.45) is 0. The van der Waals surface area contributed by atoms with Crippen molar-refractivity contribution in [2.75, 3.05) is 0 Å². The number of hydrogen-bond donors (Lipinski definition) is 2. The Bertz CT molecular complexity index is 425. The molecular weight excluding hydrogens is 226 g/mol. The van der Waals surface area contributed by atoms with Gasteiger partial charge in [0.1, 0.15) is 10.5 Å². The van der Waals surface area contributed by atoms with Crippen molar-refractivity contribution in [1.82, 2.24) is 0 Å². The Balaban J connectivity index is 3.56. The molecule has 0 saturated heterocycles. The predicted octanol–water partition coefficient (Wildman–Crippen LogP) is 0.874. The highest BCUT2D eigenvalue weighted by Gasteiger charge is 2.26. The van der Waals surface area contributed by atoms with Crippen LogP contribution >= 0.6 is 0 Å². The van der Waals surface area contributed by atoms with Crippen molar-refractivity contribution in [3.8, 4) is 0 Å². The van der Waals surface area contributed by atoms with Crippen molar-refractivity contribution in [2.24, 2.45) is 0 Å². The Hall–Kier alpha value is -1.80. The summed E-state index contributed by atoms with van der Waals surface area (Å²) in [4.78, 5) is 19.6. The Morgan fingerprint density at radius 2 is 2.07 bits per heavy atom. The van der Waals surface area contributed by atoms with Crippen LogP contribution in [0.1, 0.15) is 10.4 Å². The first-order valence-electron chi connectivity index (χ1n) is 3.56. The minimum Gasteiger partial charge on any atom is -0.477 e. The number of carbonyl (C=O) groups is 1. The van der Waals surface area contributed by atoms with Crippen molar-refractivity contribution >= 4 is 22.7 Å². The number of benzene rings is 1. The number of carboxylic acid groups (broad SMARTS) is 1. The lowest BCUT2D eigenvalue weighted by Crippen LogP contribution is -2.06. The van der Waals surface area contributed by atoms with E-state index in [-0.39, 0.29) is 0 Å². The van der Waals surface area contributed by atoms with E-state index in [0.717, 1.165) is 12.1 Å². The number of nitrogens with zero attached hydrogens (tertiary/aromatic N) is 1. The molecule has 1 aromatic rings. The lowest BCUT2D eigenvalue weighted by molar-refractivity contribution is -0.388. The summed E-state index contributed by atoms with van der Waals surface area (Å²) in [7, 11) is 0. The molecule has 0 amide bonds. The summed E-state index contributed by atoms with van der Waals surface area (Å²) in [5.74, 6) is -1.52. The van der Waals surface area contributed by atoms with Gasteiger partial charge in [-0.15, -0.1) is 0 Å². The normalized spacial score (nSPS) is 12.1. The van der Waals surface area contributed by atoms with Crippen LogP contribution in [0.3, 0.4) is 0 Å². The minimum absolute atomic E-state index is 0.528. The molecule has 8 heteroatoms. The second-order valence-corrected chi connectivity index (χ2v) is 3.40. The number of nitro groups is 1. The van der Waals surface area contributed by atoms with Crippen molar-refractivity contribution < 1.29 is 23.6 Å². The van der Waals surface area contributed by atoms with E-state index in [9.17, 15) is 19.1 Å². The Morgan fingerprint density at radius 1 is 1.47 bits per heavy atom. The van der Waals surface area contributed by atoms with E-state index in [0.29, 0.717) is 0 Å². The van der Waals surface area contributed by atoms with Crippen LogP contribution in [0.15, 0.2) is 23.1 Å². The van der Waals surface area contributed by atoms with Crippen molar-refractivity contribution in [3.05, 3.63) is 33.9 Å². The Morgan fingerprint density at radius 3 is 2.47 bits per heavy atom. The molecule has 2 N–H and O–H groups in total. The van der Waals surface area contributed by atoms with E-state index in [1.807, 2.05) is 0 Å². The number of para-hydroxylation sites is 1. The van der Waals surface area contributed by atoms with Gasteiger partial charge in [0, 0.05) is 0 Å². The highest BCUT2D eigenvalue weighted by Crippen LogP contribution is 2.25. The molecule has 0 spiro atoms. The highest BCUT2D eigenvalue weighted by atomic mass is 32.2. The monoisotopic (exact) mass is 231 g/mol. The average Bonchev–Trinajstić information content (AvgIpc) is 2.16. The topological polar surface area (TPSA) is 118 Å². The maximum atomic E-state index is 10.7.